The number of fused-ring (bicyclic) bond motifs is 1. The fourth-order valence-corrected chi connectivity index (χ4v) is 5.18. The molecule has 0 saturated heterocycles. The molecule has 164 valence electrons. The zero-order valence-electron chi connectivity index (χ0n) is 15.9. The number of hydrogen-bond donors (Lipinski definition) is 1. The van der Waals surface area contributed by atoms with Gasteiger partial charge < -0.3 is 0 Å². The van der Waals surface area contributed by atoms with Crippen LogP contribution in [0.5, 0.6) is 0 Å². The first-order valence-corrected chi connectivity index (χ1v) is 11.6. The highest BCUT2D eigenvalue weighted by atomic mass is 35.5. The minimum absolute atomic E-state index is 0.0527. The summed E-state index contributed by atoms with van der Waals surface area (Å²) in [4.78, 5) is 35.7. The quantitative estimate of drug-likeness (QED) is 0.299. The highest BCUT2D eigenvalue weighted by Gasteiger charge is 2.34. The number of benzene rings is 2. The molecule has 0 fully saturated rings. The summed E-state index contributed by atoms with van der Waals surface area (Å²) in [5.74, 6) is -0.805. The second-order valence-corrected chi connectivity index (χ2v) is 9.69. The molecule has 4 rings (SSSR count). The molecule has 0 aliphatic carbocycles. The van der Waals surface area contributed by atoms with Gasteiger partial charge in [-0.25, -0.2) is 8.42 Å². The molecule has 0 unspecified atom stereocenters. The number of anilines is 1. The second kappa shape index (κ2) is 8.26. The largest absolute Gasteiger partial charge is 0.289 e. The van der Waals surface area contributed by atoms with Crippen LogP contribution in [-0.4, -0.2) is 46.8 Å². The normalized spacial score (nSPS) is 13.3. The molecular formula is C18H12ClN5O6S2. The van der Waals surface area contributed by atoms with Crippen molar-refractivity contribution >= 4 is 55.6 Å². The number of rotatable bonds is 7. The molecule has 1 aliphatic heterocycles. The van der Waals surface area contributed by atoms with E-state index in [4.69, 9.17) is 11.6 Å². The Balaban J connectivity index is 1.45. The fraction of sp³-hybridized carbons (Fsp3) is 0.111. The average molecular weight is 494 g/mol. The SMILES string of the molecule is O=C1c2ccccc2C(=O)N1CCc1nnc(NS(=O)(=O)c2ccc(Cl)c([N+](=O)[O-])c2)s1. The number of nitrogens with zero attached hydrogens (tertiary/aromatic N) is 4. The molecule has 14 heteroatoms. The predicted molar refractivity (Wildman–Crippen MR) is 114 cm³/mol. The van der Waals surface area contributed by atoms with Crippen molar-refractivity contribution in [2.75, 3.05) is 11.3 Å². The van der Waals surface area contributed by atoms with Crippen molar-refractivity contribution in [1.82, 2.24) is 15.1 Å². The first-order chi connectivity index (χ1) is 15.2. The summed E-state index contributed by atoms with van der Waals surface area (Å²) < 4.78 is 27.3. The van der Waals surface area contributed by atoms with Crippen LogP contribution < -0.4 is 4.72 Å². The van der Waals surface area contributed by atoms with Gasteiger partial charge in [0.2, 0.25) is 5.13 Å². The van der Waals surface area contributed by atoms with E-state index in [0.717, 1.165) is 34.4 Å². The average Bonchev–Trinajstić information content (AvgIpc) is 3.29. The van der Waals surface area contributed by atoms with E-state index in [-0.39, 0.29) is 28.0 Å². The van der Waals surface area contributed by atoms with E-state index in [0.29, 0.717) is 16.1 Å². The molecule has 2 heterocycles. The van der Waals surface area contributed by atoms with E-state index in [1.165, 1.54) is 0 Å². The van der Waals surface area contributed by atoms with Gasteiger partial charge in [-0.05, 0) is 24.3 Å². The number of nitro groups is 1. The van der Waals surface area contributed by atoms with Gasteiger partial charge >= 0.3 is 0 Å². The number of hydrogen-bond acceptors (Lipinski definition) is 9. The Morgan fingerprint density at radius 3 is 2.38 bits per heavy atom. The number of amides is 2. The molecule has 32 heavy (non-hydrogen) atoms. The number of carbonyl (C=O) groups excluding carboxylic acids is 2. The lowest BCUT2D eigenvalue weighted by Gasteiger charge is -2.12. The molecule has 11 nitrogen and oxygen atoms in total. The molecule has 0 radical (unpaired) electrons. The van der Waals surface area contributed by atoms with Crippen molar-refractivity contribution in [3.05, 3.63) is 73.7 Å². The fourth-order valence-electron chi connectivity index (χ4n) is 3.02. The van der Waals surface area contributed by atoms with E-state index in [1.54, 1.807) is 24.3 Å². The Hall–Kier alpha value is -3.42. The van der Waals surface area contributed by atoms with Gasteiger partial charge in [-0.3, -0.25) is 29.3 Å². The Kier molecular flexibility index (Phi) is 5.62. The number of halogens is 1. The zero-order valence-corrected chi connectivity index (χ0v) is 18.3. The number of nitrogens with one attached hydrogen (secondary N) is 1. The zero-order chi connectivity index (χ0) is 23.0. The second-order valence-electron chi connectivity index (χ2n) is 6.53. The molecule has 0 bridgehead atoms. The van der Waals surface area contributed by atoms with Crippen LogP contribution in [0.1, 0.15) is 25.7 Å². The van der Waals surface area contributed by atoms with Crippen LogP contribution in [-0.2, 0) is 16.4 Å². The number of aromatic nitrogens is 2. The Labute approximate surface area is 189 Å². The third-order valence-corrected chi connectivity index (χ3v) is 7.22. The van der Waals surface area contributed by atoms with Gasteiger partial charge in [0.25, 0.3) is 27.5 Å². The van der Waals surface area contributed by atoms with Crippen LogP contribution >= 0.6 is 22.9 Å². The lowest BCUT2D eigenvalue weighted by molar-refractivity contribution is -0.384. The van der Waals surface area contributed by atoms with Crippen molar-refractivity contribution < 1.29 is 22.9 Å². The van der Waals surface area contributed by atoms with Gasteiger partial charge in [-0.15, -0.1) is 10.2 Å². The maximum absolute atomic E-state index is 12.5. The highest BCUT2D eigenvalue weighted by Crippen LogP contribution is 2.29. The molecular weight excluding hydrogens is 482 g/mol. The van der Waals surface area contributed by atoms with Gasteiger partial charge in [0, 0.05) is 19.0 Å². The molecule has 1 aliphatic rings. The smallest absolute Gasteiger partial charge is 0.274 e. The first kappa shape index (κ1) is 21.8. The number of sulfonamides is 1. The van der Waals surface area contributed by atoms with Crippen molar-refractivity contribution in [3.63, 3.8) is 0 Å². The topological polar surface area (TPSA) is 152 Å². The van der Waals surface area contributed by atoms with Crippen LogP contribution in [0, 0.1) is 10.1 Å². The number of imide groups is 1. The number of carbonyl (C=O) groups is 2. The first-order valence-electron chi connectivity index (χ1n) is 8.92. The molecule has 3 aromatic rings. The summed E-state index contributed by atoms with van der Waals surface area (Å²) in [6.07, 6.45) is 0.178. The molecule has 0 atom stereocenters. The van der Waals surface area contributed by atoms with E-state index < -0.39 is 32.4 Å². The van der Waals surface area contributed by atoms with E-state index in [2.05, 4.69) is 14.9 Å². The van der Waals surface area contributed by atoms with Gasteiger partial charge in [-0.1, -0.05) is 35.1 Å². The Morgan fingerprint density at radius 2 is 1.75 bits per heavy atom. The van der Waals surface area contributed by atoms with Gasteiger partial charge in [0.05, 0.1) is 20.9 Å². The van der Waals surface area contributed by atoms with Gasteiger partial charge in [0.1, 0.15) is 10.0 Å². The van der Waals surface area contributed by atoms with Crippen LogP contribution in [0.2, 0.25) is 5.02 Å². The minimum Gasteiger partial charge on any atom is -0.274 e. The third-order valence-electron chi connectivity index (χ3n) is 4.54. The van der Waals surface area contributed by atoms with Crippen molar-refractivity contribution in [2.24, 2.45) is 0 Å². The predicted octanol–water partition coefficient (Wildman–Crippen LogP) is 2.74. The maximum atomic E-state index is 12.5. The van der Waals surface area contributed by atoms with E-state index >= 15 is 0 Å². The summed E-state index contributed by atoms with van der Waals surface area (Å²) in [7, 11) is -4.18. The van der Waals surface area contributed by atoms with E-state index in [9.17, 15) is 28.1 Å². The molecule has 0 spiro atoms. The molecule has 1 N–H and O–H groups in total. The Morgan fingerprint density at radius 1 is 1.09 bits per heavy atom. The summed E-state index contributed by atoms with van der Waals surface area (Å²) in [6.45, 7) is 0.0527. The minimum atomic E-state index is -4.18. The molecule has 2 amide bonds. The van der Waals surface area contributed by atoms with Crippen LogP contribution in [0.25, 0.3) is 0 Å². The van der Waals surface area contributed by atoms with Gasteiger partial charge in [-0.2, -0.15) is 0 Å². The third kappa shape index (κ3) is 4.04. The van der Waals surface area contributed by atoms with Crippen molar-refractivity contribution in [3.8, 4) is 0 Å². The monoisotopic (exact) mass is 493 g/mol. The summed E-state index contributed by atoms with van der Waals surface area (Å²) in [5.41, 5.74) is 0.119. The number of nitro benzene ring substituents is 1. The molecule has 2 aromatic carbocycles. The van der Waals surface area contributed by atoms with Crippen molar-refractivity contribution in [1.29, 1.82) is 0 Å². The van der Waals surface area contributed by atoms with Crippen LogP contribution in [0.3, 0.4) is 0 Å². The lowest BCUT2D eigenvalue weighted by Crippen LogP contribution is -2.31. The van der Waals surface area contributed by atoms with E-state index in [1.807, 2.05) is 0 Å². The Bertz CT molecular complexity index is 1340. The molecule has 0 saturated carbocycles. The summed E-state index contributed by atoms with van der Waals surface area (Å²) in [5, 5.41) is 18.8. The van der Waals surface area contributed by atoms with Crippen LogP contribution in [0.4, 0.5) is 10.8 Å². The summed E-state index contributed by atoms with van der Waals surface area (Å²) in [6, 6.07) is 9.58. The van der Waals surface area contributed by atoms with Gasteiger partial charge in [0.15, 0.2) is 0 Å². The molecule has 1 aromatic heterocycles. The van der Waals surface area contributed by atoms with Crippen molar-refractivity contribution in [2.45, 2.75) is 11.3 Å². The maximum Gasteiger partial charge on any atom is 0.289 e. The summed E-state index contributed by atoms with van der Waals surface area (Å²) >= 11 is 6.63. The standard InChI is InChI=1S/C18H12ClN5O6S2/c19-13-6-5-10(9-14(13)24(27)28)32(29,30)22-18-21-20-15(31-18)7-8-23-16(25)11-3-1-2-4-12(11)17(23)26/h1-6,9H,7-8H2,(H,21,22). The lowest BCUT2D eigenvalue weighted by atomic mass is 10.1. The highest BCUT2D eigenvalue weighted by molar-refractivity contribution is 7.93. The van der Waals surface area contributed by atoms with Crippen LogP contribution in [0.15, 0.2) is 47.4 Å².